The van der Waals surface area contributed by atoms with Crippen LogP contribution in [0.1, 0.15) is 5.56 Å². The van der Waals surface area contributed by atoms with E-state index >= 15 is 0 Å². The van der Waals surface area contributed by atoms with E-state index in [0.717, 1.165) is 24.4 Å². The third kappa shape index (κ3) is 6.29. The van der Waals surface area contributed by atoms with Gasteiger partial charge in [-0.2, -0.15) is 0 Å². The Labute approximate surface area is 125 Å². The number of hydrogen-bond acceptors (Lipinski definition) is 5. The molecule has 1 aromatic carbocycles. The normalized spacial score (nSPS) is 10.8. The van der Waals surface area contributed by atoms with Gasteiger partial charge in [0.15, 0.2) is 0 Å². The van der Waals surface area contributed by atoms with Gasteiger partial charge in [-0.05, 0) is 12.1 Å². The molecule has 0 aromatic heterocycles. The van der Waals surface area contributed by atoms with Crippen LogP contribution in [0.25, 0.3) is 0 Å². The molecule has 0 aliphatic heterocycles. The number of rotatable bonds is 10. The van der Waals surface area contributed by atoms with Gasteiger partial charge in [0.25, 0.3) is 0 Å². The van der Waals surface area contributed by atoms with E-state index in [1.807, 2.05) is 24.3 Å². The zero-order valence-corrected chi connectivity index (χ0v) is 12.6. The van der Waals surface area contributed by atoms with Crippen LogP contribution in [0.3, 0.4) is 0 Å². The Balaban J connectivity index is 2.41. The lowest BCUT2D eigenvalue weighted by atomic mass is 10.2. The number of hydrogen-bond donors (Lipinski definition) is 2. The van der Waals surface area contributed by atoms with E-state index in [2.05, 4.69) is 4.90 Å². The van der Waals surface area contributed by atoms with Crippen LogP contribution in [0.5, 0.6) is 5.75 Å². The van der Waals surface area contributed by atoms with Crippen LogP contribution in [-0.4, -0.2) is 61.6 Å². The molecule has 0 aliphatic carbocycles. The van der Waals surface area contributed by atoms with Crippen LogP contribution in [0.2, 0.25) is 0 Å². The Morgan fingerprint density at radius 1 is 1.30 bits per heavy atom. The van der Waals surface area contributed by atoms with Crippen LogP contribution in [0.4, 0.5) is 0 Å². The molecule has 0 bridgehead atoms. The number of aliphatic hydroxyl groups is 1. The van der Waals surface area contributed by atoms with Crippen LogP contribution >= 0.6 is 12.2 Å². The predicted molar refractivity (Wildman–Crippen MR) is 83.2 cm³/mol. The molecule has 6 heteroatoms. The minimum Gasteiger partial charge on any atom is -0.492 e. The van der Waals surface area contributed by atoms with Gasteiger partial charge >= 0.3 is 0 Å². The molecule has 0 heterocycles. The zero-order valence-electron chi connectivity index (χ0n) is 11.7. The highest BCUT2D eigenvalue weighted by Crippen LogP contribution is 2.13. The van der Waals surface area contributed by atoms with Crippen LogP contribution < -0.4 is 10.5 Å². The first-order valence-corrected chi connectivity index (χ1v) is 6.93. The summed E-state index contributed by atoms with van der Waals surface area (Å²) in [5, 5.41) is 9.00. The van der Waals surface area contributed by atoms with Gasteiger partial charge < -0.3 is 20.3 Å². The minimum atomic E-state index is 0.126. The summed E-state index contributed by atoms with van der Waals surface area (Å²) in [5.41, 5.74) is 6.38. The van der Waals surface area contributed by atoms with Crippen molar-refractivity contribution in [1.82, 2.24) is 4.90 Å². The Morgan fingerprint density at radius 3 is 2.70 bits per heavy atom. The number of methoxy groups -OCH3 is 1. The standard InChI is InChI=1S/C14H22N2O3S/c1-18-9-6-16(5-8-17)7-10-19-13-4-2-3-12(11-13)14(15)20/h2-4,11,17H,5-10H2,1H3,(H2,15,20). The van der Waals surface area contributed by atoms with Crippen LogP contribution in [0, 0.1) is 0 Å². The van der Waals surface area contributed by atoms with Crippen LogP contribution in [-0.2, 0) is 4.74 Å². The molecule has 0 saturated heterocycles. The summed E-state index contributed by atoms with van der Waals surface area (Å²) in [4.78, 5) is 2.44. The highest BCUT2D eigenvalue weighted by atomic mass is 32.1. The van der Waals surface area contributed by atoms with E-state index < -0.39 is 0 Å². The summed E-state index contributed by atoms with van der Waals surface area (Å²) in [5.74, 6) is 0.742. The van der Waals surface area contributed by atoms with Crippen molar-refractivity contribution in [3.8, 4) is 5.75 Å². The summed E-state index contributed by atoms with van der Waals surface area (Å²) < 4.78 is 10.7. The van der Waals surface area contributed by atoms with Crippen molar-refractivity contribution in [2.24, 2.45) is 5.73 Å². The Kier molecular flexibility index (Phi) is 8.13. The summed E-state index contributed by atoms with van der Waals surface area (Å²) in [7, 11) is 1.66. The molecule has 0 unspecified atom stereocenters. The highest BCUT2D eigenvalue weighted by Gasteiger charge is 2.05. The van der Waals surface area contributed by atoms with Crippen molar-refractivity contribution in [3.63, 3.8) is 0 Å². The second-order valence-corrected chi connectivity index (χ2v) is 4.74. The van der Waals surface area contributed by atoms with Gasteiger partial charge in [0, 0.05) is 32.3 Å². The Morgan fingerprint density at radius 2 is 2.05 bits per heavy atom. The maximum Gasteiger partial charge on any atom is 0.120 e. The summed E-state index contributed by atoms with van der Waals surface area (Å²) >= 11 is 4.93. The fraction of sp³-hybridized carbons (Fsp3) is 0.500. The average Bonchev–Trinajstić information content (AvgIpc) is 2.45. The fourth-order valence-electron chi connectivity index (χ4n) is 1.73. The number of thiocarbonyl (C=S) groups is 1. The quantitative estimate of drug-likeness (QED) is 0.618. The average molecular weight is 298 g/mol. The van der Waals surface area contributed by atoms with Crippen molar-refractivity contribution in [2.45, 2.75) is 0 Å². The summed E-state index contributed by atoms with van der Waals surface area (Å²) in [6.07, 6.45) is 0. The Hall–Kier alpha value is -1.21. The second kappa shape index (κ2) is 9.66. The molecular weight excluding hydrogens is 276 g/mol. The SMILES string of the molecule is COCCN(CCO)CCOc1cccc(C(N)=S)c1. The fourth-order valence-corrected chi connectivity index (χ4v) is 1.86. The van der Waals surface area contributed by atoms with Crippen LogP contribution in [0.15, 0.2) is 24.3 Å². The number of aliphatic hydroxyl groups excluding tert-OH is 1. The molecule has 3 N–H and O–H groups in total. The smallest absolute Gasteiger partial charge is 0.120 e. The van der Waals surface area contributed by atoms with Gasteiger partial charge in [-0.1, -0.05) is 24.4 Å². The van der Waals surface area contributed by atoms with Crippen molar-refractivity contribution in [3.05, 3.63) is 29.8 Å². The van der Waals surface area contributed by atoms with Gasteiger partial charge in [0.1, 0.15) is 17.3 Å². The zero-order chi connectivity index (χ0) is 14.8. The molecule has 1 rings (SSSR count). The number of nitrogens with two attached hydrogens (primary N) is 1. The number of benzene rings is 1. The van der Waals surface area contributed by atoms with E-state index in [4.69, 9.17) is 32.5 Å². The number of ether oxygens (including phenoxy) is 2. The molecule has 1 aromatic rings. The van der Waals surface area contributed by atoms with E-state index in [1.165, 1.54) is 0 Å². The van der Waals surface area contributed by atoms with Gasteiger partial charge in [-0.25, -0.2) is 0 Å². The minimum absolute atomic E-state index is 0.126. The molecule has 0 radical (unpaired) electrons. The molecule has 0 saturated carbocycles. The van der Waals surface area contributed by atoms with E-state index in [9.17, 15) is 0 Å². The first kappa shape index (κ1) is 16.8. The molecule has 112 valence electrons. The van der Waals surface area contributed by atoms with E-state index in [1.54, 1.807) is 7.11 Å². The highest BCUT2D eigenvalue weighted by molar-refractivity contribution is 7.80. The van der Waals surface area contributed by atoms with Gasteiger partial charge in [-0.3, -0.25) is 4.90 Å². The third-order valence-corrected chi connectivity index (χ3v) is 3.06. The molecule has 0 spiro atoms. The molecule has 0 fully saturated rings. The van der Waals surface area contributed by atoms with E-state index in [0.29, 0.717) is 24.7 Å². The lowest BCUT2D eigenvalue weighted by molar-refractivity contribution is 0.118. The summed E-state index contributed by atoms with van der Waals surface area (Å²) in [6, 6.07) is 7.41. The molecule has 0 aliphatic rings. The first-order valence-electron chi connectivity index (χ1n) is 6.52. The van der Waals surface area contributed by atoms with Gasteiger partial charge in [0.2, 0.25) is 0 Å². The van der Waals surface area contributed by atoms with Crippen molar-refractivity contribution < 1.29 is 14.6 Å². The largest absolute Gasteiger partial charge is 0.492 e. The Bertz CT molecular complexity index is 415. The molecule has 0 atom stereocenters. The second-order valence-electron chi connectivity index (χ2n) is 4.30. The van der Waals surface area contributed by atoms with Gasteiger partial charge in [0.05, 0.1) is 13.2 Å². The lowest BCUT2D eigenvalue weighted by Gasteiger charge is -2.20. The number of nitrogens with zero attached hydrogens (tertiary/aromatic N) is 1. The van der Waals surface area contributed by atoms with Crippen molar-refractivity contribution >= 4 is 17.2 Å². The van der Waals surface area contributed by atoms with Crippen molar-refractivity contribution in [2.75, 3.05) is 46.6 Å². The maximum atomic E-state index is 9.00. The molecule has 5 nitrogen and oxygen atoms in total. The predicted octanol–water partition coefficient (Wildman–Crippen LogP) is 0.640. The third-order valence-electron chi connectivity index (χ3n) is 2.82. The van der Waals surface area contributed by atoms with Gasteiger partial charge in [-0.15, -0.1) is 0 Å². The topological polar surface area (TPSA) is 68.0 Å². The lowest BCUT2D eigenvalue weighted by Crippen LogP contribution is -2.33. The first-order chi connectivity index (χ1) is 9.67. The molecule has 20 heavy (non-hydrogen) atoms. The van der Waals surface area contributed by atoms with Crippen molar-refractivity contribution in [1.29, 1.82) is 0 Å². The maximum absolute atomic E-state index is 9.00. The summed E-state index contributed by atoms with van der Waals surface area (Å²) in [6.45, 7) is 3.40. The van der Waals surface area contributed by atoms with E-state index in [-0.39, 0.29) is 6.61 Å². The molecule has 0 amide bonds. The monoisotopic (exact) mass is 298 g/mol. The molecular formula is C14H22N2O3S.